The molecule has 1 radical (unpaired) electrons. The van der Waals surface area contributed by atoms with Crippen molar-refractivity contribution in [1.82, 2.24) is 4.98 Å². The number of morpholine rings is 1. The summed E-state index contributed by atoms with van der Waals surface area (Å²) in [7, 11) is 0. The number of hydrogen-bond acceptors (Lipinski definition) is 3. The van der Waals surface area contributed by atoms with Gasteiger partial charge < -0.3 is 9.64 Å². The van der Waals surface area contributed by atoms with E-state index >= 15 is 0 Å². The Bertz CT molecular complexity index is 232. The highest BCUT2D eigenvalue weighted by Crippen LogP contribution is 2.09. The highest BCUT2D eigenvalue weighted by molar-refractivity contribution is 5.37. The summed E-state index contributed by atoms with van der Waals surface area (Å²) >= 11 is 0. The van der Waals surface area contributed by atoms with Crippen LogP contribution in [0.5, 0.6) is 0 Å². The zero-order valence-corrected chi connectivity index (χ0v) is 6.86. The maximum atomic E-state index is 5.24. The molecule has 1 aliphatic heterocycles. The monoisotopic (exact) mass is 163 g/mol. The first-order valence-electron chi connectivity index (χ1n) is 4.11. The summed E-state index contributed by atoms with van der Waals surface area (Å²) in [5.74, 6) is 1.00. The fraction of sp³-hybridized carbons (Fsp3) is 0.444. The van der Waals surface area contributed by atoms with Crippen molar-refractivity contribution in [3.63, 3.8) is 0 Å². The Morgan fingerprint density at radius 3 is 2.92 bits per heavy atom. The first-order chi connectivity index (χ1) is 5.97. The van der Waals surface area contributed by atoms with Crippen LogP contribution in [0.2, 0.25) is 0 Å². The van der Waals surface area contributed by atoms with Gasteiger partial charge in [-0.25, -0.2) is 4.98 Å². The molecule has 1 aliphatic rings. The van der Waals surface area contributed by atoms with Gasteiger partial charge in [-0.1, -0.05) is 0 Å². The van der Waals surface area contributed by atoms with E-state index < -0.39 is 0 Å². The Hall–Kier alpha value is -1.09. The third-order valence-electron chi connectivity index (χ3n) is 1.93. The molecule has 0 atom stereocenters. The van der Waals surface area contributed by atoms with Crippen LogP contribution in [0.4, 0.5) is 5.82 Å². The molecular formula is C9H11N2O. The molecule has 1 aromatic rings. The Balaban J connectivity index is 2.08. The molecule has 2 rings (SSSR count). The quantitative estimate of drug-likeness (QED) is 0.610. The average Bonchev–Trinajstić information content (AvgIpc) is 2.21. The second-order valence-electron chi connectivity index (χ2n) is 2.71. The van der Waals surface area contributed by atoms with E-state index in [2.05, 4.69) is 16.0 Å². The van der Waals surface area contributed by atoms with Crippen molar-refractivity contribution in [2.75, 3.05) is 31.2 Å². The van der Waals surface area contributed by atoms with Crippen molar-refractivity contribution in [1.29, 1.82) is 0 Å². The highest BCUT2D eigenvalue weighted by atomic mass is 16.5. The van der Waals surface area contributed by atoms with Crippen molar-refractivity contribution in [2.45, 2.75) is 0 Å². The zero-order chi connectivity index (χ0) is 8.23. The SMILES string of the molecule is [c]1ccnc(N2CCOCC2)c1. The molecule has 0 amide bonds. The third-order valence-corrected chi connectivity index (χ3v) is 1.93. The van der Waals surface area contributed by atoms with Crippen LogP contribution in [-0.2, 0) is 4.74 Å². The highest BCUT2D eigenvalue weighted by Gasteiger charge is 2.10. The third kappa shape index (κ3) is 1.56. The van der Waals surface area contributed by atoms with Gasteiger partial charge >= 0.3 is 0 Å². The topological polar surface area (TPSA) is 25.4 Å². The molecule has 0 bridgehead atoms. The molecule has 12 heavy (non-hydrogen) atoms. The number of rotatable bonds is 1. The van der Waals surface area contributed by atoms with Gasteiger partial charge in [-0.3, -0.25) is 0 Å². The van der Waals surface area contributed by atoms with E-state index in [4.69, 9.17) is 4.74 Å². The molecule has 3 nitrogen and oxygen atoms in total. The number of hydrogen-bond donors (Lipinski definition) is 0. The molecule has 2 heterocycles. The molecule has 0 aliphatic carbocycles. The molecule has 1 aromatic heterocycles. The van der Waals surface area contributed by atoms with Crippen molar-refractivity contribution in [3.05, 3.63) is 24.4 Å². The largest absolute Gasteiger partial charge is 0.378 e. The minimum absolute atomic E-state index is 0.802. The van der Waals surface area contributed by atoms with Crippen molar-refractivity contribution in [3.8, 4) is 0 Å². The van der Waals surface area contributed by atoms with Crippen LogP contribution in [0.1, 0.15) is 0 Å². The van der Waals surface area contributed by atoms with E-state index in [1.807, 2.05) is 12.1 Å². The zero-order valence-electron chi connectivity index (χ0n) is 6.86. The molecule has 0 unspecified atom stereocenters. The lowest BCUT2D eigenvalue weighted by Gasteiger charge is -2.27. The van der Waals surface area contributed by atoms with Gasteiger partial charge in [-0.15, -0.1) is 0 Å². The fourth-order valence-electron chi connectivity index (χ4n) is 1.28. The maximum absolute atomic E-state index is 5.24. The van der Waals surface area contributed by atoms with E-state index in [9.17, 15) is 0 Å². The summed E-state index contributed by atoms with van der Waals surface area (Å²) < 4.78 is 5.24. The lowest BCUT2D eigenvalue weighted by molar-refractivity contribution is 0.122. The predicted octanol–water partition coefficient (Wildman–Crippen LogP) is 0.718. The summed E-state index contributed by atoms with van der Waals surface area (Å²) in [5, 5.41) is 0. The minimum atomic E-state index is 0.802. The van der Waals surface area contributed by atoms with E-state index in [1.165, 1.54) is 0 Å². The van der Waals surface area contributed by atoms with E-state index in [1.54, 1.807) is 6.20 Å². The van der Waals surface area contributed by atoms with Gasteiger partial charge in [0.1, 0.15) is 5.82 Å². The van der Waals surface area contributed by atoms with Crippen LogP contribution in [0.15, 0.2) is 18.3 Å². The second-order valence-corrected chi connectivity index (χ2v) is 2.71. The molecular weight excluding hydrogens is 152 g/mol. The number of pyridine rings is 1. The van der Waals surface area contributed by atoms with Gasteiger partial charge in [0, 0.05) is 19.3 Å². The van der Waals surface area contributed by atoms with Crippen LogP contribution in [0.3, 0.4) is 0 Å². The van der Waals surface area contributed by atoms with E-state index in [0.29, 0.717) is 0 Å². The van der Waals surface area contributed by atoms with Crippen molar-refractivity contribution >= 4 is 5.82 Å². The molecule has 0 saturated carbocycles. The Morgan fingerprint density at radius 1 is 1.42 bits per heavy atom. The second kappa shape index (κ2) is 3.54. The van der Waals surface area contributed by atoms with Crippen LogP contribution in [0, 0.1) is 6.07 Å². The summed E-state index contributed by atoms with van der Waals surface area (Å²) in [6, 6.07) is 6.73. The van der Waals surface area contributed by atoms with Crippen LogP contribution < -0.4 is 4.90 Å². The molecule has 3 heteroatoms. The van der Waals surface area contributed by atoms with Gasteiger partial charge in [0.05, 0.1) is 13.2 Å². The molecule has 1 saturated heterocycles. The number of anilines is 1. The van der Waals surface area contributed by atoms with E-state index in [0.717, 1.165) is 32.1 Å². The Morgan fingerprint density at radius 2 is 2.25 bits per heavy atom. The van der Waals surface area contributed by atoms with Crippen LogP contribution >= 0.6 is 0 Å². The summed E-state index contributed by atoms with van der Waals surface area (Å²) in [5.41, 5.74) is 0. The van der Waals surface area contributed by atoms with Crippen molar-refractivity contribution in [2.24, 2.45) is 0 Å². The average molecular weight is 163 g/mol. The van der Waals surface area contributed by atoms with Crippen molar-refractivity contribution < 1.29 is 4.74 Å². The Kier molecular flexibility index (Phi) is 2.23. The van der Waals surface area contributed by atoms with Gasteiger partial charge in [-0.05, 0) is 18.2 Å². The smallest absolute Gasteiger partial charge is 0.129 e. The summed E-state index contributed by atoms with van der Waals surface area (Å²) in [6.45, 7) is 3.48. The first kappa shape index (κ1) is 7.55. The summed E-state index contributed by atoms with van der Waals surface area (Å²) in [4.78, 5) is 6.45. The normalized spacial score (nSPS) is 17.8. The lowest BCUT2D eigenvalue weighted by Crippen LogP contribution is -2.36. The standard InChI is InChI=1S/C9H11N2O/c1-2-4-10-9(3-1)11-5-7-12-8-6-11/h2-4H,5-8H2. The number of nitrogens with zero attached hydrogens (tertiary/aromatic N) is 2. The first-order valence-corrected chi connectivity index (χ1v) is 4.11. The minimum Gasteiger partial charge on any atom is -0.378 e. The molecule has 63 valence electrons. The molecule has 1 fully saturated rings. The summed E-state index contributed by atoms with van der Waals surface area (Å²) in [6.07, 6.45) is 1.77. The predicted molar refractivity (Wildman–Crippen MR) is 46.1 cm³/mol. The van der Waals surface area contributed by atoms with Gasteiger partial charge in [0.15, 0.2) is 0 Å². The lowest BCUT2D eigenvalue weighted by atomic mass is 10.4. The number of aromatic nitrogens is 1. The van der Waals surface area contributed by atoms with Gasteiger partial charge in [0.25, 0.3) is 0 Å². The van der Waals surface area contributed by atoms with Crippen LogP contribution in [-0.4, -0.2) is 31.3 Å². The fourth-order valence-corrected chi connectivity index (χ4v) is 1.28. The van der Waals surface area contributed by atoms with Gasteiger partial charge in [-0.2, -0.15) is 0 Å². The van der Waals surface area contributed by atoms with E-state index in [-0.39, 0.29) is 0 Å². The molecule has 0 N–H and O–H groups in total. The molecule has 0 aromatic carbocycles. The maximum Gasteiger partial charge on any atom is 0.129 e. The molecule has 0 spiro atoms. The Labute approximate surface area is 72.0 Å². The van der Waals surface area contributed by atoms with Gasteiger partial charge in [0.2, 0.25) is 0 Å². The van der Waals surface area contributed by atoms with Crippen LogP contribution in [0.25, 0.3) is 0 Å². The number of ether oxygens (including phenoxy) is 1.